The first-order chi connectivity index (χ1) is 8.99. The third-order valence-electron chi connectivity index (χ3n) is 2.54. The molecule has 0 atom stereocenters. The van der Waals surface area contributed by atoms with Gasteiger partial charge in [-0.25, -0.2) is 4.39 Å². The maximum atomic E-state index is 13.9. The summed E-state index contributed by atoms with van der Waals surface area (Å²) in [5.41, 5.74) is 6.42. The lowest BCUT2D eigenvalue weighted by Gasteiger charge is -2.09. The number of carbonyl (C=O) groups excluding carboxylic acids is 1. The molecule has 0 saturated heterocycles. The normalized spacial score (nSPS) is 10.3. The fourth-order valence-electron chi connectivity index (χ4n) is 1.62. The lowest BCUT2D eigenvalue weighted by atomic mass is 10.1. The Morgan fingerprint density at radius 1 is 1.47 bits per heavy atom. The summed E-state index contributed by atoms with van der Waals surface area (Å²) in [6.45, 7) is 1.54. The van der Waals surface area contributed by atoms with Crippen LogP contribution in [0.5, 0.6) is 0 Å². The molecule has 98 valence electrons. The van der Waals surface area contributed by atoms with E-state index in [2.05, 4.69) is 10.3 Å². The Kier molecular flexibility index (Phi) is 3.66. The number of pyridine rings is 1. The molecule has 4 nitrogen and oxygen atoms in total. The van der Waals surface area contributed by atoms with Crippen molar-refractivity contribution in [3.63, 3.8) is 0 Å². The number of hydrogen-bond acceptors (Lipinski definition) is 3. The lowest BCUT2D eigenvalue weighted by Crippen LogP contribution is -2.15. The number of halogens is 2. The van der Waals surface area contributed by atoms with E-state index in [9.17, 15) is 9.18 Å². The van der Waals surface area contributed by atoms with Gasteiger partial charge in [0.25, 0.3) is 5.91 Å². The van der Waals surface area contributed by atoms with Gasteiger partial charge in [-0.15, -0.1) is 0 Å². The number of amides is 1. The molecule has 2 aromatic rings. The second kappa shape index (κ2) is 5.24. The number of aromatic nitrogens is 1. The minimum absolute atomic E-state index is 0.127. The molecule has 0 aliphatic rings. The molecule has 0 aliphatic heterocycles. The van der Waals surface area contributed by atoms with Crippen molar-refractivity contribution in [1.82, 2.24) is 4.98 Å². The maximum Gasteiger partial charge on any atom is 0.258 e. The number of benzene rings is 1. The van der Waals surface area contributed by atoms with E-state index < -0.39 is 11.7 Å². The Balaban J connectivity index is 2.33. The molecule has 1 amide bonds. The number of nitrogens with one attached hydrogen (secondary N) is 1. The van der Waals surface area contributed by atoms with Gasteiger partial charge in [0.05, 0.1) is 22.5 Å². The molecule has 1 aromatic carbocycles. The highest BCUT2D eigenvalue weighted by atomic mass is 35.5. The number of nitrogens with zero attached hydrogens (tertiary/aromatic N) is 1. The van der Waals surface area contributed by atoms with Gasteiger partial charge in [0.2, 0.25) is 0 Å². The first-order valence-electron chi connectivity index (χ1n) is 5.45. The monoisotopic (exact) mass is 279 g/mol. The lowest BCUT2D eigenvalue weighted by molar-refractivity contribution is 0.102. The van der Waals surface area contributed by atoms with E-state index in [1.807, 2.05) is 0 Å². The number of nitrogens with two attached hydrogens (primary N) is 1. The van der Waals surface area contributed by atoms with E-state index in [0.717, 1.165) is 0 Å². The van der Waals surface area contributed by atoms with Crippen molar-refractivity contribution >= 4 is 28.9 Å². The zero-order valence-corrected chi connectivity index (χ0v) is 10.8. The van der Waals surface area contributed by atoms with E-state index in [4.69, 9.17) is 17.3 Å². The first kappa shape index (κ1) is 13.3. The van der Waals surface area contributed by atoms with Crippen LogP contribution in [0.2, 0.25) is 5.02 Å². The molecular formula is C13H11ClFN3O. The van der Waals surface area contributed by atoms with Crippen LogP contribution >= 0.6 is 11.6 Å². The molecule has 0 radical (unpaired) electrons. The molecule has 19 heavy (non-hydrogen) atoms. The summed E-state index contributed by atoms with van der Waals surface area (Å²) in [7, 11) is 0. The van der Waals surface area contributed by atoms with Crippen molar-refractivity contribution in [3.8, 4) is 0 Å². The van der Waals surface area contributed by atoms with Crippen LogP contribution in [0.1, 0.15) is 15.9 Å². The van der Waals surface area contributed by atoms with Crippen LogP contribution in [0.3, 0.4) is 0 Å². The van der Waals surface area contributed by atoms with Crippen molar-refractivity contribution < 1.29 is 9.18 Å². The molecule has 0 bridgehead atoms. The SMILES string of the molecule is Cc1cc(N)cc(C(=O)Nc2cnccc2Cl)c1F. The van der Waals surface area contributed by atoms with Crippen LogP contribution in [-0.4, -0.2) is 10.9 Å². The topological polar surface area (TPSA) is 68.0 Å². The summed E-state index contributed by atoms with van der Waals surface area (Å²) in [4.78, 5) is 15.8. The molecule has 0 aliphatic carbocycles. The third-order valence-corrected chi connectivity index (χ3v) is 2.87. The van der Waals surface area contributed by atoms with Crippen molar-refractivity contribution in [2.75, 3.05) is 11.1 Å². The number of carbonyl (C=O) groups is 1. The van der Waals surface area contributed by atoms with Gasteiger partial charge >= 0.3 is 0 Å². The van der Waals surface area contributed by atoms with Crippen LogP contribution in [0.25, 0.3) is 0 Å². The van der Waals surface area contributed by atoms with Gasteiger partial charge in [0.15, 0.2) is 0 Å². The predicted octanol–water partition coefficient (Wildman–Crippen LogP) is 3.02. The standard InChI is InChI=1S/C13H11ClFN3O/c1-7-4-8(16)5-9(12(7)15)13(19)18-11-6-17-3-2-10(11)14/h2-6H,16H2,1H3,(H,18,19). The van der Waals surface area contributed by atoms with E-state index in [1.54, 1.807) is 6.92 Å². The number of hydrogen-bond donors (Lipinski definition) is 2. The summed E-state index contributed by atoms with van der Waals surface area (Å²) >= 11 is 5.88. The molecule has 0 saturated carbocycles. The summed E-state index contributed by atoms with van der Waals surface area (Å²) in [6, 6.07) is 4.27. The number of anilines is 2. The molecule has 0 unspecified atom stereocenters. The van der Waals surface area contributed by atoms with Crippen molar-refractivity contribution in [2.45, 2.75) is 6.92 Å². The highest BCUT2D eigenvalue weighted by Crippen LogP contribution is 2.22. The van der Waals surface area contributed by atoms with Gasteiger partial charge in [-0.1, -0.05) is 11.6 Å². The predicted molar refractivity (Wildman–Crippen MR) is 72.7 cm³/mol. The maximum absolute atomic E-state index is 13.9. The minimum atomic E-state index is -0.622. The largest absolute Gasteiger partial charge is 0.399 e. The average Bonchev–Trinajstić information content (AvgIpc) is 2.36. The zero-order chi connectivity index (χ0) is 14.0. The highest BCUT2D eigenvalue weighted by Gasteiger charge is 2.15. The summed E-state index contributed by atoms with van der Waals surface area (Å²) in [5.74, 6) is -1.23. The van der Waals surface area contributed by atoms with Crippen LogP contribution in [0.4, 0.5) is 15.8 Å². The zero-order valence-electron chi connectivity index (χ0n) is 10.1. The van der Waals surface area contributed by atoms with E-state index in [0.29, 0.717) is 22.0 Å². The van der Waals surface area contributed by atoms with Crippen molar-refractivity contribution in [1.29, 1.82) is 0 Å². The molecule has 6 heteroatoms. The fourth-order valence-corrected chi connectivity index (χ4v) is 1.77. The van der Waals surface area contributed by atoms with Crippen LogP contribution in [0, 0.1) is 12.7 Å². The van der Waals surface area contributed by atoms with Gasteiger partial charge < -0.3 is 11.1 Å². The van der Waals surface area contributed by atoms with Gasteiger partial charge in [-0.3, -0.25) is 9.78 Å². The second-order valence-electron chi connectivity index (χ2n) is 4.01. The fraction of sp³-hybridized carbons (Fsp3) is 0.0769. The summed E-state index contributed by atoms with van der Waals surface area (Å²) in [5, 5.41) is 2.82. The summed E-state index contributed by atoms with van der Waals surface area (Å²) in [6.07, 6.45) is 2.88. The molecule has 1 aromatic heterocycles. The highest BCUT2D eigenvalue weighted by molar-refractivity contribution is 6.33. The van der Waals surface area contributed by atoms with Crippen LogP contribution in [0.15, 0.2) is 30.6 Å². The Labute approximate surface area is 114 Å². The molecular weight excluding hydrogens is 269 g/mol. The number of nitrogen functional groups attached to an aromatic ring is 1. The molecule has 0 fully saturated rings. The van der Waals surface area contributed by atoms with E-state index >= 15 is 0 Å². The molecule has 3 N–H and O–H groups in total. The Morgan fingerprint density at radius 3 is 2.89 bits per heavy atom. The molecule has 2 rings (SSSR count). The van der Waals surface area contributed by atoms with Crippen molar-refractivity contribution in [3.05, 3.63) is 52.6 Å². The third kappa shape index (κ3) is 2.82. The van der Waals surface area contributed by atoms with Crippen LogP contribution < -0.4 is 11.1 Å². The van der Waals surface area contributed by atoms with E-state index in [1.165, 1.54) is 30.6 Å². The Morgan fingerprint density at radius 2 is 2.21 bits per heavy atom. The van der Waals surface area contributed by atoms with Gasteiger partial charge in [0.1, 0.15) is 5.82 Å². The van der Waals surface area contributed by atoms with Gasteiger partial charge in [-0.2, -0.15) is 0 Å². The Hall–Kier alpha value is -2.14. The number of rotatable bonds is 2. The second-order valence-corrected chi connectivity index (χ2v) is 4.42. The summed E-state index contributed by atoms with van der Waals surface area (Å²) < 4.78 is 13.9. The van der Waals surface area contributed by atoms with E-state index in [-0.39, 0.29) is 5.56 Å². The minimum Gasteiger partial charge on any atom is -0.399 e. The van der Waals surface area contributed by atoms with Crippen molar-refractivity contribution in [2.24, 2.45) is 0 Å². The molecule has 0 spiro atoms. The van der Waals surface area contributed by atoms with Gasteiger partial charge in [0, 0.05) is 11.9 Å². The van der Waals surface area contributed by atoms with Crippen LogP contribution in [-0.2, 0) is 0 Å². The van der Waals surface area contributed by atoms with Gasteiger partial charge in [-0.05, 0) is 30.7 Å². The quantitative estimate of drug-likeness (QED) is 0.830. The average molecular weight is 280 g/mol. The number of aryl methyl sites for hydroxylation is 1. The smallest absolute Gasteiger partial charge is 0.258 e. The first-order valence-corrected chi connectivity index (χ1v) is 5.83. The Bertz CT molecular complexity index is 646. The molecule has 1 heterocycles.